The van der Waals surface area contributed by atoms with Crippen molar-refractivity contribution in [2.75, 3.05) is 21.3 Å². The smallest absolute Gasteiger partial charge is 0.315 e. The van der Waals surface area contributed by atoms with Crippen LogP contribution < -0.4 is 30.4 Å². The van der Waals surface area contributed by atoms with Gasteiger partial charge in [0.05, 0.1) is 27.8 Å². The Morgan fingerprint density at radius 1 is 1.06 bits per heavy atom. The van der Waals surface area contributed by atoms with Crippen LogP contribution in [0.25, 0.3) is 10.9 Å². The van der Waals surface area contributed by atoms with Crippen LogP contribution in [0.3, 0.4) is 0 Å². The number of nitrogens with two attached hydrogens (primary N) is 2. The van der Waals surface area contributed by atoms with Crippen molar-refractivity contribution < 1.29 is 23.7 Å². The molecule has 10 heteroatoms. The highest BCUT2D eigenvalue weighted by molar-refractivity contribution is 5.88. The van der Waals surface area contributed by atoms with Crippen LogP contribution in [0.15, 0.2) is 46.7 Å². The quantitative estimate of drug-likeness (QED) is 0.152. The summed E-state index contributed by atoms with van der Waals surface area (Å²) in [6.07, 6.45) is 3.97. The molecule has 3 aromatic rings. The summed E-state index contributed by atoms with van der Waals surface area (Å²) in [5.74, 6) is 1.29. The molecule has 0 saturated heterocycles. The van der Waals surface area contributed by atoms with Crippen LogP contribution in [0.1, 0.15) is 11.1 Å². The van der Waals surface area contributed by atoms with Crippen LogP contribution in [0.2, 0.25) is 0 Å². The summed E-state index contributed by atoms with van der Waals surface area (Å²) in [4.78, 5) is 15.7. The number of esters is 1. The minimum atomic E-state index is -0.426. The molecule has 0 aliphatic carbocycles. The number of methoxy groups -OCH3 is 3. The van der Waals surface area contributed by atoms with Crippen LogP contribution in [-0.2, 0) is 17.6 Å². The fraction of sp³-hybridized carbons (Fsp3) is 0.227. The molecule has 0 spiro atoms. The lowest BCUT2D eigenvalue weighted by atomic mass is 10.1. The first-order valence-electron chi connectivity index (χ1n) is 9.65. The molecule has 1 heterocycles. The average molecular weight is 439 g/mol. The van der Waals surface area contributed by atoms with Gasteiger partial charge in [-0.1, -0.05) is 0 Å². The summed E-state index contributed by atoms with van der Waals surface area (Å²) in [6, 6.07) is 8.79. The lowest BCUT2D eigenvalue weighted by molar-refractivity contribution is -0.133. The van der Waals surface area contributed by atoms with E-state index in [-0.39, 0.29) is 12.4 Å². The van der Waals surface area contributed by atoms with Gasteiger partial charge >= 0.3 is 5.97 Å². The van der Waals surface area contributed by atoms with Crippen molar-refractivity contribution in [3.63, 3.8) is 0 Å². The normalized spacial score (nSPS) is 10.8. The van der Waals surface area contributed by atoms with Gasteiger partial charge < -0.3 is 35.4 Å². The van der Waals surface area contributed by atoms with Crippen molar-refractivity contribution in [1.29, 1.82) is 0 Å². The van der Waals surface area contributed by atoms with E-state index >= 15 is 0 Å². The number of hydrogen-bond donors (Lipinski definition) is 3. The molecule has 168 valence electrons. The molecule has 3 rings (SSSR count). The standard InChI is InChI=1S/C22H25N5O5/c1-29-18-8-13(9-19(30-2)21(18)31-3)10-20(28)32-15-4-5-17-16(11-15)14(12-25-17)6-7-26-27-22(23)24/h4-5,7-9,11-12,25H,6,10H2,1-3H3,(H4,23,24,27)/b26-7+. The summed E-state index contributed by atoms with van der Waals surface area (Å²) in [7, 11) is 4.56. The maximum atomic E-state index is 12.6. The first-order chi connectivity index (χ1) is 15.4. The third-order valence-electron chi connectivity index (χ3n) is 4.61. The van der Waals surface area contributed by atoms with E-state index in [0.29, 0.717) is 35.0 Å². The van der Waals surface area contributed by atoms with Gasteiger partial charge in [0.1, 0.15) is 5.75 Å². The number of H-pyrrole nitrogens is 1. The van der Waals surface area contributed by atoms with Gasteiger partial charge in [-0.05, 0) is 41.5 Å². The van der Waals surface area contributed by atoms with Gasteiger partial charge in [-0.15, -0.1) is 5.10 Å². The number of guanidine groups is 1. The Hall–Kier alpha value is -4.21. The largest absolute Gasteiger partial charge is 0.493 e. The molecule has 5 N–H and O–H groups in total. The van der Waals surface area contributed by atoms with Crippen molar-refractivity contribution in [3.05, 3.63) is 47.7 Å². The van der Waals surface area contributed by atoms with Crippen LogP contribution >= 0.6 is 0 Å². The lowest BCUT2D eigenvalue weighted by Crippen LogP contribution is -2.21. The van der Waals surface area contributed by atoms with E-state index < -0.39 is 5.97 Å². The number of aromatic nitrogens is 1. The number of fused-ring (bicyclic) bond motifs is 1. The molecule has 0 aliphatic heterocycles. The van der Waals surface area contributed by atoms with Gasteiger partial charge in [0.15, 0.2) is 11.5 Å². The molecule has 0 fully saturated rings. The summed E-state index contributed by atoms with van der Waals surface area (Å²) in [5, 5.41) is 8.27. The third kappa shape index (κ3) is 5.28. The Morgan fingerprint density at radius 2 is 1.78 bits per heavy atom. The Morgan fingerprint density at radius 3 is 2.41 bits per heavy atom. The number of benzene rings is 2. The van der Waals surface area contributed by atoms with Gasteiger partial charge in [-0.2, -0.15) is 5.10 Å². The zero-order valence-electron chi connectivity index (χ0n) is 18.0. The first kappa shape index (κ1) is 22.5. The number of nitrogens with one attached hydrogen (secondary N) is 1. The highest BCUT2D eigenvalue weighted by Gasteiger charge is 2.16. The minimum absolute atomic E-state index is 0.0277. The zero-order valence-corrected chi connectivity index (χ0v) is 18.0. The van der Waals surface area contributed by atoms with Crippen LogP contribution in [0, 0.1) is 0 Å². The predicted molar refractivity (Wildman–Crippen MR) is 122 cm³/mol. The van der Waals surface area contributed by atoms with E-state index in [0.717, 1.165) is 16.5 Å². The van der Waals surface area contributed by atoms with Crippen LogP contribution in [0.5, 0.6) is 23.0 Å². The highest BCUT2D eigenvalue weighted by atomic mass is 16.5. The van der Waals surface area contributed by atoms with E-state index in [2.05, 4.69) is 15.2 Å². The molecular formula is C22H25N5O5. The fourth-order valence-corrected chi connectivity index (χ4v) is 3.21. The van der Waals surface area contributed by atoms with Crippen molar-refractivity contribution in [2.45, 2.75) is 12.8 Å². The zero-order chi connectivity index (χ0) is 23.1. The third-order valence-corrected chi connectivity index (χ3v) is 4.61. The van der Waals surface area contributed by atoms with Crippen molar-refractivity contribution in [3.8, 4) is 23.0 Å². The molecule has 0 amide bonds. The Bertz CT molecular complexity index is 1140. The molecule has 10 nitrogen and oxygen atoms in total. The Kier molecular flexibility index (Phi) is 7.17. The first-order valence-corrected chi connectivity index (χ1v) is 9.65. The van der Waals surface area contributed by atoms with Crippen LogP contribution in [-0.4, -0.2) is 44.5 Å². The molecule has 0 aliphatic rings. The van der Waals surface area contributed by atoms with E-state index in [4.69, 9.17) is 30.4 Å². The summed E-state index contributed by atoms with van der Waals surface area (Å²) in [5.41, 5.74) is 13.0. The van der Waals surface area contributed by atoms with Gasteiger partial charge in [0, 0.05) is 29.7 Å². The van der Waals surface area contributed by atoms with E-state index in [9.17, 15) is 4.79 Å². The second-order valence-electron chi connectivity index (χ2n) is 6.73. The fourth-order valence-electron chi connectivity index (χ4n) is 3.21. The number of aromatic amines is 1. The number of carbonyl (C=O) groups is 1. The molecule has 0 atom stereocenters. The second-order valence-corrected chi connectivity index (χ2v) is 6.73. The molecule has 0 saturated carbocycles. The van der Waals surface area contributed by atoms with Crippen molar-refractivity contribution in [1.82, 2.24) is 4.98 Å². The van der Waals surface area contributed by atoms with Gasteiger partial charge in [0.25, 0.3) is 0 Å². The Labute approximate surface area is 184 Å². The topological polar surface area (TPSA) is 147 Å². The van der Waals surface area contributed by atoms with Crippen molar-refractivity contribution >= 4 is 29.0 Å². The van der Waals surface area contributed by atoms with Crippen LogP contribution in [0.4, 0.5) is 0 Å². The van der Waals surface area contributed by atoms with Crippen molar-refractivity contribution in [2.24, 2.45) is 21.7 Å². The molecular weight excluding hydrogens is 414 g/mol. The number of carbonyl (C=O) groups excluding carboxylic acids is 1. The molecule has 1 aromatic heterocycles. The maximum Gasteiger partial charge on any atom is 0.315 e. The van der Waals surface area contributed by atoms with E-state index in [1.807, 2.05) is 12.3 Å². The Balaban J connectivity index is 1.75. The maximum absolute atomic E-state index is 12.6. The van der Waals surface area contributed by atoms with E-state index in [1.165, 1.54) is 21.3 Å². The number of nitrogens with zero attached hydrogens (tertiary/aromatic N) is 2. The minimum Gasteiger partial charge on any atom is -0.493 e. The molecule has 0 radical (unpaired) electrons. The number of ether oxygens (including phenoxy) is 4. The average Bonchev–Trinajstić information content (AvgIpc) is 3.17. The SMILES string of the molecule is COc1cc(CC(=O)Oc2ccc3[nH]cc(C/C=N/N=C(N)N)c3c2)cc(OC)c1OC. The monoisotopic (exact) mass is 439 g/mol. The molecule has 0 bridgehead atoms. The van der Waals surface area contributed by atoms with Gasteiger partial charge in [-0.25, -0.2) is 0 Å². The van der Waals surface area contributed by atoms with Gasteiger partial charge in [0.2, 0.25) is 11.7 Å². The second kappa shape index (κ2) is 10.2. The number of hydrogen-bond acceptors (Lipinski definition) is 7. The number of rotatable bonds is 9. The summed E-state index contributed by atoms with van der Waals surface area (Å²) >= 11 is 0. The summed E-state index contributed by atoms with van der Waals surface area (Å²) in [6.45, 7) is 0. The summed E-state index contributed by atoms with van der Waals surface area (Å²) < 4.78 is 21.5. The molecule has 32 heavy (non-hydrogen) atoms. The molecule has 0 unspecified atom stereocenters. The molecule has 2 aromatic carbocycles. The van der Waals surface area contributed by atoms with E-state index in [1.54, 1.807) is 30.5 Å². The van der Waals surface area contributed by atoms with Gasteiger partial charge in [-0.3, -0.25) is 4.79 Å². The highest BCUT2D eigenvalue weighted by Crippen LogP contribution is 2.38. The lowest BCUT2D eigenvalue weighted by Gasteiger charge is -2.14. The predicted octanol–water partition coefficient (Wildman–Crippen LogP) is 2.14.